The Morgan fingerprint density at radius 2 is 2.25 bits per heavy atom. The summed E-state index contributed by atoms with van der Waals surface area (Å²) in [4.78, 5) is 7.47. The Kier molecular flexibility index (Phi) is 3.35. The van der Waals surface area contributed by atoms with Crippen LogP contribution in [0.15, 0.2) is 18.5 Å². The third kappa shape index (κ3) is 1.87. The van der Waals surface area contributed by atoms with Gasteiger partial charge in [0.2, 0.25) is 0 Å². The lowest BCUT2D eigenvalue weighted by atomic mass is 10.0. The average Bonchev–Trinajstić information content (AvgIpc) is 3.15. The fourth-order valence-corrected chi connectivity index (χ4v) is 3.19. The molecule has 6 nitrogen and oxygen atoms in total. The Morgan fingerprint density at radius 1 is 1.35 bits per heavy atom. The highest BCUT2D eigenvalue weighted by molar-refractivity contribution is 5.85. The van der Waals surface area contributed by atoms with Crippen molar-refractivity contribution in [1.82, 2.24) is 24.6 Å². The lowest BCUT2D eigenvalue weighted by molar-refractivity contribution is 0.544. The summed E-state index contributed by atoms with van der Waals surface area (Å²) in [6.07, 6.45) is 7.13. The molecule has 3 N–H and O–H groups in total. The highest BCUT2D eigenvalue weighted by Crippen LogP contribution is 2.37. The third-order valence-corrected chi connectivity index (χ3v) is 4.21. The van der Waals surface area contributed by atoms with Gasteiger partial charge in [-0.25, -0.2) is 4.98 Å². The van der Waals surface area contributed by atoms with Crippen molar-refractivity contribution < 1.29 is 0 Å². The normalized spacial score (nSPS) is 22.4. The minimum absolute atomic E-state index is 0. The lowest BCUT2D eigenvalue weighted by Gasteiger charge is -2.08. The topological polar surface area (TPSA) is 84.9 Å². The zero-order valence-electron chi connectivity index (χ0n) is 11.0. The standard InChI is InChI=1S/C13H16N6.ClH/c14-6-8-1-2-9(5-8)13-18-17-11-7-16-12-10(19(11)13)3-4-15-12;/h3-4,7-9,15H,1-2,5-6,14H2;1H/t8-,9-;/m1./s1. The summed E-state index contributed by atoms with van der Waals surface area (Å²) >= 11 is 0. The summed E-state index contributed by atoms with van der Waals surface area (Å²) in [5.74, 6) is 2.14. The molecule has 3 aromatic rings. The Hall–Kier alpha value is -1.66. The zero-order valence-corrected chi connectivity index (χ0v) is 11.8. The van der Waals surface area contributed by atoms with Gasteiger partial charge < -0.3 is 10.7 Å². The smallest absolute Gasteiger partial charge is 0.179 e. The number of aromatic nitrogens is 5. The number of aromatic amines is 1. The summed E-state index contributed by atoms with van der Waals surface area (Å²) in [6.45, 7) is 0.772. The minimum Gasteiger partial charge on any atom is -0.345 e. The third-order valence-electron chi connectivity index (χ3n) is 4.21. The SMILES string of the molecule is Cl.NC[C@@H]1CC[C@@H](c2nnc3cnc4[nH]ccc4n23)C1. The van der Waals surface area contributed by atoms with E-state index in [-0.39, 0.29) is 12.4 Å². The van der Waals surface area contributed by atoms with E-state index in [1.807, 2.05) is 12.3 Å². The fourth-order valence-electron chi connectivity index (χ4n) is 3.19. The van der Waals surface area contributed by atoms with Crippen LogP contribution in [0.2, 0.25) is 0 Å². The Balaban J connectivity index is 0.00000121. The van der Waals surface area contributed by atoms with E-state index < -0.39 is 0 Å². The van der Waals surface area contributed by atoms with Gasteiger partial charge in [0.1, 0.15) is 5.82 Å². The number of hydrogen-bond acceptors (Lipinski definition) is 4. The summed E-state index contributed by atoms with van der Waals surface area (Å²) in [7, 11) is 0. The predicted molar refractivity (Wildman–Crippen MR) is 79.0 cm³/mol. The van der Waals surface area contributed by atoms with Crippen LogP contribution in [-0.4, -0.2) is 31.1 Å². The maximum absolute atomic E-state index is 5.78. The monoisotopic (exact) mass is 292 g/mol. The van der Waals surface area contributed by atoms with Gasteiger partial charge in [-0.2, -0.15) is 0 Å². The molecule has 3 heterocycles. The van der Waals surface area contributed by atoms with Crippen molar-refractivity contribution in [3.8, 4) is 0 Å². The van der Waals surface area contributed by atoms with Crippen LogP contribution < -0.4 is 5.73 Å². The first-order chi connectivity index (χ1) is 9.36. The van der Waals surface area contributed by atoms with Crippen molar-refractivity contribution in [2.75, 3.05) is 6.54 Å². The van der Waals surface area contributed by atoms with Gasteiger partial charge >= 0.3 is 0 Å². The summed E-state index contributed by atoms with van der Waals surface area (Å²) in [5, 5.41) is 8.64. The van der Waals surface area contributed by atoms with Gasteiger partial charge in [0.05, 0.1) is 11.7 Å². The fraction of sp³-hybridized carbons (Fsp3) is 0.462. The van der Waals surface area contributed by atoms with Crippen molar-refractivity contribution in [3.05, 3.63) is 24.3 Å². The van der Waals surface area contributed by atoms with Gasteiger partial charge in [-0.3, -0.25) is 4.40 Å². The molecule has 0 unspecified atom stereocenters. The molecular weight excluding hydrogens is 276 g/mol. The van der Waals surface area contributed by atoms with Crippen molar-refractivity contribution in [2.45, 2.75) is 25.2 Å². The molecule has 3 aromatic heterocycles. The van der Waals surface area contributed by atoms with E-state index in [1.165, 1.54) is 6.42 Å². The number of nitrogens with zero attached hydrogens (tertiary/aromatic N) is 4. The zero-order chi connectivity index (χ0) is 12.8. The molecule has 0 bridgehead atoms. The second-order valence-corrected chi connectivity index (χ2v) is 5.33. The molecule has 0 radical (unpaired) electrons. The first-order valence-electron chi connectivity index (χ1n) is 6.74. The first-order valence-corrected chi connectivity index (χ1v) is 6.74. The molecule has 106 valence electrons. The molecule has 0 aromatic carbocycles. The number of halogens is 1. The molecule has 1 aliphatic rings. The molecule has 1 saturated carbocycles. The van der Waals surface area contributed by atoms with Gasteiger partial charge in [0.25, 0.3) is 0 Å². The second kappa shape index (κ2) is 5.03. The molecule has 0 amide bonds. The maximum atomic E-state index is 5.78. The van der Waals surface area contributed by atoms with Crippen LogP contribution in [-0.2, 0) is 0 Å². The van der Waals surface area contributed by atoms with Crippen LogP contribution in [0.25, 0.3) is 16.8 Å². The molecule has 7 heteroatoms. The van der Waals surface area contributed by atoms with E-state index in [4.69, 9.17) is 5.73 Å². The molecule has 1 aliphatic carbocycles. The van der Waals surface area contributed by atoms with E-state index in [2.05, 4.69) is 24.6 Å². The quantitative estimate of drug-likeness (QED) is 0.755. The number of rotatable bonds is 2. The van der Waals surface area contributed by atoms with Gasteiger partial charge in [0, 0.05) is 12.1 Å². The van der Waals surface area contributed by atoms with Crippen LogP contribution in [0.4, 0.5) is 0 Å². The van der Waals surface area contributed by atoms with Crippen LogP contribution in [0.1, 0.15) is 31.0 Å². The lowest BCUT2D eigenvalue weighted by Crippen LogP contribution is -2.11. The Bertz CT molecular complexity index is 733. The van der Waals surface area contributed by atoms with Crippen LogP contribution >= 0.6 is 12.4 Å². The molecule has 0 spiro atoms. The van der Waals surface area contributed by atoms with Crippen molar-refractivity contribution >= 4 is 29.2 Å². The number of fused-ring (bicyclic) bond motifs is 3. The summed E-state index contributed by atoms with van der Waals surface area (Å²) in [5.41, 5.74) is 8.52. The molecule has 0 saturated heterocycles. The van der Waals surface area contributed by atoms with E-state index in [0.717, 1.165) is 42.0 Å². The van der Waals surface area contributed by atoms with Crippen molar-refractivity contribution in [2.24, 2.45) is 11.7 Å². The highest BCUT2D eigenvalue weighted by atomic mass is 35.5. The molecule has 2 atom stereocenters. The van der Waals surface area contributed by atoms with Crippen LogP contribution in [0, 0.1) is 5.92 Å². The predicted octanol–water partition coefficient (Wildman–Crippen LogP) is 1.87. The van der Waals surface area contributed by atoms with Crippen molar-refractivity contribution in [3.63, 3.8) is 0 Å². The van der Waals surface area contributed by atoms with E-state index >= 15 is 0 Å². The summed E-state index contributed by atoms with van der Waals surface area (Å²) in [6, 6.07) is 2.03. The average molecular weight is 293 g/mol. The van der Waals surface area contributed by atoms with E-state index in [9.17, 15) is 0 Å². The van der Waals surface area contributed by atoms with E-state index in [1.54, 1.807) is 6.20 Å². The molecule has 20 heavy (non-hydrogen) atoms. The van der Waals surface area contributed by atoms with Crippen molar-refractivity contribution in [1.29, 1.82) is 0 Å². The van der Waals surface area contributed by atoms with Gasteiger partial charge in [-0.15, -0.1) is 22.6 Å². The Labute approximate surface area is 122 Å². The first kappa shape index (κ1) is 13.3. The number of nitrogens with one attached hydrogen (secondary N) is 1. The Morgan fingerprint density at radius 3 is 3.05 bits per heavy atom. The summed E-state index contributed by atoms with van der Waals surface area (Å²) < 4.78 is 2.13. The van der Waals surface area contributed by atoms with Crippen LogP contribution in [0.5, 0.6) is 0 Å². The minimum atomic E-state index is 0. The number of hydrogen-bond donors (Lipinski definition) is 2. The highest BCUT2D eigenvalue weighted by Gasteiger charge is 2.28. The van der Waals surface area contributed by atoms with E-state index in [0.29, 0.717) is 11.8 Å². The second-order valence-electron chi connectivity index (χ2n) is 5.33. The van der Waals surface area contributed by atoms with Gasteiger partial charge in [-0.1, -0.05) is 0 Å². The maximum Gasteiger partial charge on any atom is 0.179 e. The van der Waals surface area contributed by atoms with Gasteiger partial charge in [0.15, 0.2) is 11.3 Å². The molecule has 1 fully saturated rings. The molecular formula is C13H17ClN6. The number of nitrogens with two attached hydrogens (primary N) is 1. The van der Waals surface area contributed by atoms with Crippen LogP contribution in [0.3, 0.4) is 0 Å². The largest absolute Gasteiger partial charge is 0.345 e. The van der Waals surface area contributed by atoms with Gasteiger partial charge in [-0.05, 0) is 37.8 Å². The molecule has 4 rings (SSSR count). The number of H-pyrrole nitrogens is 1. The molecule has 0 aliphatic heterocycles.